The third-order valence-electron chi connectivity index (χ3n) is 1.10. The van der Waals surface area contributed by atoms with Crippen molar-refractivity contribution in [2.24, 2.45) is 5.73 Å². The number of rotatable bonds is 1. The molecular weight excluding hydrogens is 146 g/mol. The lowest BCUT2D eigenvalue weighted by molar-refractivity contribution is 1.32. The number of nitrogens with zero attached hydrogens (tertiary/aromatic N) is 1. The highest BCUT2D eigenvalue weighted by Crippen LogP contribution is 2.05. The van der Waals surface area contributed by atoms with Crippen molar-refractivity contribution in [3.63, 3.8) is 0 Å². The number of nitrogens with two attached hydrogens (primary N) is 2. The Kier molecular flexibility index (Phi) is 1.82. The minimum Gasteiger partial charge on any atom is -0.389 e. The summed E-state index contributed by atoms with van der Waals surface area (Å²) in [6.07, 6.45) is 1.59. The first-order valence-corrected chi connectivity index (χ1v) is 3.13. The standard InChI is InChI=1S/C6H7N3S/c7-5-4(6(8)10)2-1-3-9-5/h1-3H,(H2,7,9)(H2,8,10). The Morgan fingerprint density at radius 2 is 2.30 bits per heavy atom. The Bertz CT molecular complexity index is 259. The second-order valence-corrected chi connectivity index (χ2v) is 2.24. The topological polar surface area (TPSA) is 64.9 Å². The van der Waals surface area contributed by atoms with Crippen LogP contribution in [0.5, 0.6) is 0 Å². The molecule has 0 unspecified atom stereocenters. The van der Waals surface area contributed by atoms with Crippen LogP contribution in [-0.4, -0.2) is 9.97 Å². The van der Waals surface area contributed by atoms with Crippen LogP contribution in [0.4, 0.5) is 5.82 Å². The van der Waals surface area contributed by atoms with Crippen molar-refractivity contribution in [3.05, 3.63) is 23.9 Å². The van der Waals surface area contributed by atoms with E-state index >= 15 is 0 Å². The van der Waals surface area contributed by atoms with Crippen molar-refractivity contribution in [2.75, 3.05) is 5.73 Å². The lowest BCUT2D eigenvalue weighted by atomic mass is 10.2. The van der Waals surface area contributed by atoms with E-state index < -0.39 is 0 Å². The van der Waals surface area contributed by atoms with Crippen LogP contribution in [0, 0.1) is 0 Å². The highest BCUT2D eigenvalue weighted by molar-refractivity contribution is 7.80. The molecule has 52 valence electrons. The van der Waals surface area contributed by atoms with Crippen LogP contribution in [0.3, 0.4) is 0 Å². The van der Waals surface area contributed by atoms with Gasteiger partial charge in [0.05, 0.1) is 5.56 Å². The fourth-order valence-electron chi connectivity index (χ4n) is 0.626. The van der Waals surface area contributed by atoms with Gasteiger partial charge in [0.2, 0.25) is 0 Å². The number of pyridine rings is 1. The molecule has 4 heteroatoms. The Labute approximate surface area is 64.1 Å². The van der Waals surface area contributed by atoms with E-state index in [4.69, 9.17) is 23.7 Å². The zero-order valence-electron chi connectivity index (χ0n) is 5.24. The molecule has 0 saturated heterocycles. The van der Waals surface area contributed by atoms with Crippen molar-refractivity contribution in [1.29, 1.82) is 0 Å². The Morgan fingerprint density at radius 3 is 2.70 bits per heavy atom. The van der Waals surface area contributed by atoms with Crippen LogP contribution in [0.25, 0.3) is 0 Å². The third-order valence-corrected chi connectivity index (χ3v) is 1.32. The van der Waals surface area contributed by atoms with Gasteiger partial charge in [-0.3, -0.25) is 0 Å². The molecule has 10 heavy (non-hydrogen) atoms. The van der Waals surface area contributed by atoms with Gasteiger partial charge >= 0.3 is 0 Å². The summed E-state index contributed by atoms with van der Waals surface area (Å²) < 4.78 is 0. The Hall–Kier alpha value is -1.16. The summed E-state index contributed by atoms with van der Waals surface area (Å²) in [5.41, 5.74) is 11.4. The fraction of sp³-hybridized carbons (Fsp3) is 0. The zero-order valence-corrected chi connectivity index (χ0v) is 6.06. The molecular formula is C6H7N3S. The molecule has 0 spiro atoms. The molecule has 4 N–H and O–H groups in total. The number of hydrogen-bond donors (Lipinski definition) is 2. The lowest BCUT2D eigenvalue weighted by Gasteiger charge is -1.98. The molecule has 0 aliphatic heterocycles. The second kappa shape index (κ2) is 2.62. The molecule has 0 aliphatic carbocycles. The van der Waals surface area contributed by atoms with Crippen molar-refractivity contribution in [1.82, 2.24) is 4.98 Å². The average molecular weight is 153 g/mol. The molecule has 3 nitrogen and oxygen atoms in total. The Balaban J connectivity index is 3.15. The molecule has 0 bridgehead atoms. The molecule has 1 rings (SSSR count). The maximum absolute atomic E-state index is 5.44. The summed E-state index contributed by atoms with van der Waals surface area (Å²) in [5, 5.41) is 0. The summed E-state index contributed by atoms with van der Waals surface area (Å²) in [4.78, 5) is 4.09. The summed E-state index contributed by atoms with van der Waals surface area (Å²) in [5.74, 6) is 0.384. The summed E-state index contributed by atoms with van der Waals surface area (Å²) >= 11 is 4.71. The first-order chi connectivity index (χ1) is 4.72. The molecule has 0 aliphatic rings. The van der Waals surface area contributed by atoms with Crippen LogP contribution in [0.15, 0.2) is 18.3 Å². The van der Waals surface area contributed by atoms with Gasteiger partial charge in [-0.15, -0.1) is 0 Å². The summed E-state index contributed by atoms with van der Waals surface area (Å²) in [7, 11) is 0. The Morgan fingerprint density at radius 1 is 1.60 bits per heavy atom. The van der Waals surface area contributed by atoms with Gasteiger partial charge < -0.3 is 11.5 Å². The van der Waals surface area contributed by atoms with Crippen LogP contribution in [0.2, 0.25) is 0 Å². The predicted octanol–water partition coefficient (Wildman–Crippen LogP) is 0.298. The first-order valence-electron chi connectivity index (χ1n) is 2.72. The van der Waals surface area contributed by atoms with Gasteiger partial charge in [0.1, 0.15) is 10.8 Å². The zero-order chi connectivity index (χ0) is 7.56. The van der Waals surface area contributed by atoms with E-state index in [-0.39, 0.29) is 4.99 Å². The highest BCUT2D eigenvalue weighted by atomic mass is 32.1. The molecule has 0 fully saturated rings. The summed E-state index contributed by atoms with van der Waals surface area (Å²) in [6, 6.07) is 3.48. The van der Waals surface area contributed by atoms with Gasteiger partial charge in [-0.1, -0.05) is 12.2 Å². The van der Waals surface area contributed by atoms with Gasteiger partial charge in [-0.05, 0) is 12.1 Å². The van der Waals surface area contributed by atoms with Gasteiger partial charge in [0, 0.05) is 6.20 Å². The van der Waals surface area contributed by atoms with Crippen molar-refractivity contribution < 1.29 is 0 Å². The van der Waals surface area contributed by atoms with E-state index in [1.165, 1.54) is 0 Å². The quantitative estimate of drug-likeness (QED) is 0.569. The largest absolute Gasteiger partial charge is 0.389 e. The second-order valence-electron chi connectivity index (χ2n) is 1.80. The minimum absolute atomic E-state index is 0.283. The molecule has 0 saturated carbocycles. The number of aromatic nitrogens is 1. The average Bonchev–Trinajstić information content (AvgIpc) is 1.88. The SMILES string of the molecule is NC(=S)c1cccnc1N. The molecule has 1 aromatic heterocycles. The van der Waals surface area contributed by atoms with E-state index in [1.54, 1.807) is 18.3 Å². The maximum Gasteiger partial charge on any atom is 0.133 e. The van der Waals surface area contributed by atoms with E-state index in [0.29, 0.717) is 11.4 Å². The van der Waals surface area contributed by atoms with Gasteiger partial charge in [0.15, 0.2) is 0 Å². The van der Waals surface area contributed by atoms with Gasteiger partial charge in [-0.25, -0.2) is 4.98 Å². The van der Waals surface area contributed by atoms with E-state index in [2.05, 4.69) is 4.98 Å². The molecule has 0 amide bonds. The van der Waals surface area contributed by atoms with Gasteiger partial charge in [-0.2, -0.15) is 0 Å². The molecule has 0 radical (unpaired) electrons. The number of anilines is 1. The van der Waals surface area contributed by atoms with Crippen molar-refractivity contribution in [3.8, 4) is 0 Å². The summed E-state index contributed by atoms with van der Waals surface area (Å²) in [6.45, 7) is 0. The first kappa shape index (κ1) is 6.95. The number of nitrogen functional groups attached to an aromatic ring is 1. The van der Waals surface area contributed by atoms with E-state index in [1.807, 2.05) is 0 Å². The normalized spacial score (nSPS) is 9.20. The monoisotopic (exact) mass is 153 g/mol. The number of thiocarbonyl (C=S) groups is 1. The predicted molar refractivity (Wildman–Crippen MR) is 44.5 cm³/mol. The van der Waals surface area contributed by atoms with Crippen LogP contribution in [-0.2, 0) is 0 Å². The third kappa shape index (κ3) is 1.22. The fourth-order valence-corrected chi connectivity index (χ4v) is 0.798. The molecule has 1 heterocycles. The highest BCUT2D eigenvalue weighted by Gasteiger charge is 1.99. The molecule has 1 aromatic rings. The smallest absolute Gasteiger partial charge is 0.133 e. The van der Waals surface area contributed by atoms with Crippen LogP contribution in [0.1, 0.15) is 5.56 Å². The molecule has 0 aromatic carbocycles. The van der Waals surface area contributed by atoms with Crippen molar-refractivity contribution >= 4 is 23.0 Å². The van der Waals surface area contributed by atoms with Crippen LogP contribution < -0.4 is 11.5 Å². The van der Waals surface area contributed by atoms with Gasteiger partial charge in [0.25, 0.3) is 0 Å². The maximum atomic E-state index is 5.44. The van der Waals surface area contributed by atoms with E-state index in [9.17, 15) is 0 Å². The van der Waals surface area contributed by atoms with Crippen LogP contribution >= 0.6 is 12.2 Å². The van der Waals surface area contributed by atoms with Crippen molar-refractivity contribution in [2.45, 2.75) is 0 Å². The number of hydrogen-bond acceptors (Lipinski definition) is 3. The lowest BCUT2D eigenvalue weighted by Crippen LogP contribution is -2.12. The molecule has 0 atom stereocenters. The minimum atomic E-state index is 0.283. The van der Waals surface area contributed by atoms with E-state index in [0.717, 1.165) is 0 Å².